The van der Waals surface area contributed by atoms with Crippen molar-refractivity contribution in [2.45, 2.75) is 24.0 Å². The Bertz CT molecular complexity index is 1040. The molecule has 1 saturated heterocycles. The summed E-state index contributed by atoms with van der Waals surface area (Å²) >= 11 is 0. The average molecular weight is 358 g/mol. The van der Waals surface area contributed by atoms with Gasteiger partial charge in [0.25, 0.3) is 5.91 Å². The second kappa shape index (κ2) is 5.73. The summed E-state index contributed by atoms with van der Waals surface area (Å²) in [4.78, 5) is 22.3. The fraction of sp³-hybridized carbons (Fsp3) is 0.294. The third-order valence-electron chi connectivity index (χ3n) is 4.54. The molecule has 130 valence electrons. The summed E-state index contributed by atoms with van der Waals surface area (Å²) in [5.41, 5.74) is 1.67. The first-order valence-corrected chi connectivity index (χ1v) is 9.97. The lowest BCUT2D eigenvalue weighted by Crippen LogP contribution is -2.31. The van der Waals surface area contributed by atoms with Crippen molar-refractivity contribution in [3.63, 3.8) is 0 Å². The number of rotatable bonds is 3. The van der Waals surface area contributed by atoms with E-state index in [0.29, 0.717) is 12.1 Å². The minimum Gasteiger partial charge on any atom is -0.363 e. The van der Waals surface area contributed by atoms with Gasteiger partial charge < -0.3 is 9.88 Å². The molecule has 1 N–H and O–H groups in total. The van der Waals surface area contributed by atoms with E-state index in [1.165, 1.54) is 4.40 Å². The number of nitrogens with zero attached hydrogens (tertiary/aromatic N) is 3. The number of hydrogen-bond donors (Lipinski definition) is 1. The molecule has 0 spiro atoms. The average Bonchev–Trinajstić information content (AvgIpc) is 3.31. The van der Waals surface area contributed by atoms with Gasteiger partial charge in [-0.1, -0.05) is 6.07 Å². The van der Waals surface area contributed by atoms with Crippen molar-refractivity contribution in [3.05, 3.63) is 54.1 Å². The summed E-state index contributed by atoms with van der Waals surface area (Å²) < 4.78 is 25.5. The van der Waals surface area contributed by atoms with Gasteiger partial charge in [0.05, 0.1) is 11.6 Å². The minimum atomic E-state index is -3.55. The lowest BCUT2D eigenvalue weighted by molar-refractivity contribution is 0.0729. The number of amides is 1. The van der Waals surface area contributed by atoms with Gasteiger partial charge in [-0.2, -0.15) is 0 Å². The number of carbonyl (C=O) groups excluding carboxylic acids is 1. The van der Waals surface area contributed by atoms with E-state index in [4.69, 9.17) is 0 Å². The highest BCUT2D eigenvalue weighted by Crippen LogP contribution is 2.33. The second-order valence-electron chi connectivity index (χ2n) is 6.25. The Morgan fingerprint density at radius 1 is 1.28 bits per heavy atom. The molecule has 1 atom stereocenters. The lowest BCUT2D eigenvalue weighted by Gasteiger charge is -2.23. The molecule has 0 aliphatic carbocycles. The first-order chi connectivity index (χ1) is 12.0. The van der Waals surface area contributed by atoms with Crippen molar-refractivity contribution >= 4 is 21.3 Å². The Labute approximate surface area is 145 Å². The highest BCUT2D eigenvalue weighted by atomic mass is 32.2. The van der Waals surface area contributed by atoms with Crippen molar-refractivity contribution in [1.29, 1.82) is 0 Å². The summed E-state index contributed by atoms with van der Waals surface area (Å²) in [6, 6.07) is 9.04. The topological polar surface area (TPSA) is 87.5 Å². The number of fused-ring (bicyclic) bond motifs is 1. The zero-order chi connectivity index (χ0) is 17.6. The maximum absolute atomic E-state index is 13.1. The molecule has 3 aromatic rings. The first kappa shape index (κ1) is 15.9. The van der Waals surface area contributed by atoms with Crippen LogP contribution in [0.2, 0.25) is 0 Å². The Hall–Kier alpha value is -2.61. The fourth-order valence-electron chi connectivity index (χ4n) is 3.45. The van der Waals surface area contributed by atoms with E-state index in [9.17, 15) is 13.2 Å². The Morgan fingerprint density at radius 3 is 2.84 bits per heavy atom. The number of pyridine rings is 1. The van der Waals surface area contributed by atoms with Gasteiger partial charge in [-0.15, -0.1) is 0 Å². The number of carbonyl (C=O) groups is 1. The van der Waals surface area contributed by atoms with E-state index in [1.807, 2.05) is 18.3 Å². The Balaban J connectivity index is 1.81. The third kappa shape index (κ3) is 2.62. The van der Waals surface area contributed by atoms with Crippen molar-refractivity contribution in [2.75, 3.05) is 12.8 Å². The quantitative estimate of drug-likeness (QED) is 0.776. The van der Waals surface area contributed by atoms with Gasteiger partial charge in [-0.25, -0.2) is 13.4 Å². The predicted molar refractivity (Wildman–Crippen MR) is 92.1 cm³/mol. The van der Waals surface area contributed by atoms with Crippen LogP contribution in [-0.2, 0) is 9.84 Å². The largest absolute Gasteiger partial charge is 0.363 e. The van der Waals surface area contributed by atoms with Crippen LogP contribution in [0, 0.1) is 0 Å². The zero-order valence-electron chi connectivity index (χ0n) is 13.7. The standard InChI is InChI=1S/C17H18N4O3S/c1-25(23,24)17-19-15(14-7-2-3-10-21(14)17)16(22)20-11-5-8-13(20)12-6-4-9-18-12/h2-4,6-7,9-10,13,18H,5,8,11H2,1H3. The number of sulfone groups is 1. The van der Waals surface area contributed by atoms with Gasteiger partial charge in [0.1, 0.15) is 0 Å². The maximum Gasteiger partial charge on any atom is 0.275 e. The highest BCUT2D eigenvalue weighted by Gasteiger charge is 2.34. The van der Waals surface area contributed by atoms with Crippen LogP contribution in [-0.4, -0.2) is 46.4 Å². The smallest absolute Gasteiger partial charge is 0.275 e. The van der Waals surface area contributed by atoms with E-state index in [-0.39, 0.29) is 22.8 Å². The molecule has 7 nitrogen and oxygen atoms in total. The molecule has 25 heavy (non-hydrogen) atoms. The summed E-state index contributed by atoms with van der Waals surface area (Å²) in [5.74, 6) is -0.240. The fourth-order valence-corrected chi connectivity index (χ4v) is 4.22. The Kier molecular flexibility index (Phi) is 3.64. The van der Waals surface area contributed by atoms with Crippen molar-refractivity contribution in [2.24, 2.45) is 0 Å². The number of aromatic nitrogens is 3. The molecule has 0 aromatic carbocycles. The van der Waals surface area contributed by atoms with Crippen molar-refractivity contribution in [1.82, 2.24) is 19.3 Å². The van der Waals surface area contributed by atoms with Gasteiger partial charge in [0, 0.05) is 30.9 Å². The maximum atomic E-state index is 13.1. The van der Waals surface area contributed by atoms with E-state index < -0.39 is 9.84 Å². The number of likely N-dealkylation sites (tertiary alicyclic amines) is 1. The van der Waals surface area contributed by atoms with Gasteiger partial charge in [0.15, 0.2) is 5.69 Å². The number of aromatic amines is 1. The summed E-state index contributed by atoms with van der Waals surface area (Å²) in [6.45, 7) is 0.628. The van der Waals surface area contributed by atoms with Crippen molar-refractivity contribution < 1.29 is 13.2 Å². The molecule has 0 radical (unpaired) electrons. The highest BCUT2D eigenvalue weighted by molar-refractivity contribution is 7.90. The minimum absolute atomic E-state index is 0.0374. The summed E-state index contributed by atoms with van der Waals surface area (Å²) in [6.07, 6.45) is 6.32. The van der Waals surface area contributed by atoms with E-state index in [1.54, 1.807) is 29.3 Å². The van der Waals surface area contributed by atoms with E-state index in [0.717, 1.165) is 24.8 Å². The lowest BCUT2D eigenvalue weighted by atomic mass is 10.1. The molecule has 4 heterocycles. The van der Waals surface area contributed by atoms with Crippen LogP contribution < -0.4 is 0 Å². The molecular weight excluding hydrogens is 340 g/mol. The van der Waals surface area contributed by atoms with E-state index >= 15 is 0 Å². The Morgan fingerprint density at radius 2 is 2.12 bits per heavy atom. The molecule has 8 heteroatoms. The third-order valence-corrected chi connectivity index (χ3v) is 5.50. The van der Waals surface area contributed by atoms with Crippen LogP contribution in [0.3, 0.4) is 0 Å². The number of nitrogens with one attached hydrogen (secondary N) is 1. The number of H-pyrrole nitrogens is 1. The van der Waals surface area contributed by atoms with Crippen LogP contribution in [0.15, 0.2) is 47.9 Å². The molecule has 1 fully saturated rings. The molecule has 1 aliphatic heterocycles. The molecule has 0 bridgehead atoms. The van der Waals surface area contributed by atoms with Gasteiger partial charge >= 0.3 is 0 Å². The summed E-state index contributed by atoms with van der Waals surface area (Å²) in [7, 11) is -3.55. The molecule has 0 saturated carbocycles. The van der Waals surface area contributed by atoms with Crippen molar-refractivity contribution in [3.8, 4) is 0 Å². The van der Waals surface area contributed by atoms with Crippen LogP contribution >= 0.6 is 0 Å². The molecule has 3 aromatic heterocycles. The molecular formula is C17H18N4O3S. The number of hydrogen-bond acceptors (Lipinski definition) is 4. The van der Waals surface area contributed by atoms with Gasteiger partial charge in [-0.3, -0.25) is 9.20 Å². The summed E-state index contributed by atoms with van der Waals surface area (Å²) in [5, 5.41) is -0.109. The number of imidazole rings is 1. The van der Waals surface area contributed by atoms with Crippen LogP contribution in [0.25, 0.3) is 5.52 Å². The van der Waals surface area contributed by atoms with Gasteiger partial charge in [0.2, 0.25) is 15.0 Å². The molecule has 4 rings (SSSR count). The first-order valence-electron chi connectivity index (χ1n) is 8.08. The van der Waals surface area contributed by atoms with Crippen LogP contribution in [0.1, 0.15) is 35.1 Å². The SMILES string of the molecule is CS(=O)(=O)c1nc(C(=O)N2CCCC2c2ccc[nH]2)c2ccccn12. The molecule has 1 amide bonds. The monoisotopic (exact) mass is 358 g/mol. The predicted octanol–water partition coefficient (Wildman–Crippen LogP) is 2.04. The van der Waals surface area contributed by atoms with Crippen LogP contribution in [0.5, 0.6) is 0 Å². The second-order valence-corrected chi connectivity index (χ2v) is 8.16. The zero-order valence-corrected chi connectivity index (χ0v) is 14.5. The normalized spacial score (nSPS) is 18.1. The molecule has 1 unspecified atom stereocenters. The molecule has 1 aliphatic rings. The van der Waals surface area contributed by atoms with Gasteiger partial charge in [-0.05, 0) is 37.1 Å². The van der Waals surface area contributed by atoms with Crippen LogP contribution in [0.4, 0.5) is 0 Å². The van der Waals surface area contributed by atoms with E-state index in [2.05, 4.69) is 9.97 Å².